The molecule has 10 heteroatoms. The van der Waals surface area contributed by atoms with Gasteiger partial charge >= 0.3 is 5.97 Å². The van der Waals surface area contributed by atoms with E-state index in [0.29, 0.717) is 31.6 Å². The number of carbonyl (C=O) groups excluding carboxylic acids is 1. The Morgan fingerprint density at radius 3 is 2.67 bits per heavy atom. The number of benzene rings is 1. The third kappa shape index (κ3) is 4.18. The SMILES string of the molecule is O=C(NC1CCN(C2CCCC2)CC1C(=O)O)c1noc(-c2ccc(F)cc2F)n1. The number of rotatable bonds is 5. The second-order valence-electron chi connectivity index (χ2n) is 7.79. The zero-order valence-electron chi connectivity index (χ0n) is 16.2. The Bertz CT molecular complexity index is 945. The third-order valence-corrected chi connectivity index (χ3v) is 5.91. The van der Waals surface area contributed by atoms with E-state index in [9.17, 15) is 23.5 Å². The summed E-state index contributed by atoms with van der Waals surface area (Å²) in [6.07, 6.45) is 4.97. The van der Waals surface area contributed by atoms with Gasteiger partial charge < -0.3 is 14.9 Å². The maximum Gasteiger partial charge on any atom is 0.309 e. The van der Waals surface area contributed by atoms with E-state index >= 15 is 0 Å². The first-order valence-corrected chi connectivity index (χ1v) is 9.99. The molecule has 1 saturated heterocycles. The number of nitrogens with zero attached hydrogens (tertiary/aromatic N) is 3. The van der Waals surface area contributed by atoms with Crippen LogP contribution in [0.5, 0.6) is 0 Å². The van der Waals surface area contributed by atoms with Crippen LogP contribution in [0.4, 0.5) is 8.78 Å². The van der Waals surface area contributed by atoms with E-state index in [-0.39, 0.29) is 17.3 Å². The zero-order valence-corrected chi connectivity index (χ0v) is 16.2. The Kier molecular flexibility index (Phi) is 5.76. The fraction of sp³-hybridized carbons (Fsp3) is 0.500. The molecule has 160 valence electrons. The molecule has 1 aliphatic heterocycles. The van der Waals surface area contributed by atoms with Crippen molar-refractivity contribution in [2.24, 2.45) is 5.92 Å². The predicted molar refractivity (Wildman–Crippen MR) is 100 cm³/mol. The number of nitrogens with one attached hydrogen (secondary N) is 1. The minimum Gasteiger partial charge on any atom is -0.481 e. The van der Waals surface area contributed by atoms with Crippen molar-refractivity contribution in [3.05, 3.63) is 35.7 Å². The van der Waals surface area contributed by atoms with Gasteiger partial charge in [-0.1, -0.05) is 18.0 Å². The highest BCUT2D eigenvalue weighted by Crippen LogP contribution is 2.28. The van der Waals surface area contributed by atoms with Crippen LogP contribution in [0.3, 0.4) is 0 Å². The van der Waals surface area contributed by atoms with Crippen molar-refractivity contribution in [1.82, 2.24) is 20.4 Å². The summed E-state index contributed by atoms with van der Waals surface area (Å²) in [5, 5.41) is 15.9. The molecule has 2 aromatic rings. The first-order valence-electron chi connectivity index (χ1n) is 9.99. The predicted octanol–water partition coefficient (Wildman–Crippen LogP) is 2.46. The van der Waals surface area contributed by atoms with Gasteiger partial charge in [-0.05, 0) is 31.4 Å². The van der Waals surface area contributed by atoms with Gasteiger partial charge in [0.2, 0.25) is 0 Å². The highest BCUT2D eigenvalue weighted by atomic mass is 19.1. The van der Waals surface area contributed by atoms with Crippen molar-refractivity contribution in [1.29, 1.82) is 0 Å². The quantitative estimate of drug-likeness (QED) is 0.765. The molecule has 4 rings (SSSR count). The molecule has 0 bridgehead atoms. The van der Waals surface area contributed by atoms with Gasteiger partial charge in [-0.2, -0.15) is 4.98 Å². The van der Waals surface area contributed by atoms with Gasteiger partial charge in [0.25, 0.3) is 17.6 Å². The van der Waals surface area contributed by atoms with Crippen molar-refractivity contribution < 1.29 is 28.0 Å². The Balaban J connectivity index is 1.44. The third-order valence-electron chi connectivity index (χ3n) is 5.91. The molecular weight excluding hydrogens is 398 g/mol. The van der Waals surface area contributed by atoms with Gasteiger partial charge in [0.05, 0.1) is 11.5 Å². The molecule has 2 heterocycles. The van der Waals surface area contributed by atoms with Gasteiger partial charge in [-0.15, -0.1) is 0 Å². The average Bonchev–Trinajstić information content (AvgIpc) is 3.40. The summed E-state index contributed by atoms with van der Waals surface area (Å²) in [7, 11) is 0. The van der Waals surface area contributed by atoms with E-state index in [1.807, 2.05) is 0 Å². The molecule has 2 N–H and O–H groups in total. The molecule has 1 aromatic heterocycles. The highest BCUT2D eigenvalue weighted by Gasteiger charge is 2.38. The number of amides is 1. The van der Waals surface area contributed by atoms with Crippen LogP contribution in [0, 0.1) is 17.6 Å². The van der Waals surface area contributed by atoms with E-state index in [1.54, 1.807) is 0 Å². The lowest BCUT2D eigenvalue weighted by molar-refractivity contribution is -0.145. The van der Waals surface area contributed by atoms with E-state index in [4.69, 9.17) is 4.52 Å². The Morgan fingerprint density at radius 1 is 1.20 bits per heavy atom. The van der Waals surface area contributed by atoms with Crippen LogP contribution >= 0.6 is 0 Å². The maximum absolute atomic E-state index is 13.9. The summed E-state index contributed by atoms with van der Waals surface area (Å²) in [5.41, 5.74) is -0.128. The van der Waals surface area contributed by atoms with E-state index in [1.165, 1.54) is 0 Å². The van der Waals surface area contributed by atoms with Crippen LogP contribution in [-0.4, -0.2) is 57.2 Å². The number of aromatic nitrogens is 2. The first kappa shape index (κ1) is 20.4. The molecule has 8 nitrogen and oxygen atoms in total. The zero-order chi connectivity index (χ0) is 21.3. The molecular formula is C20H22F2N4O4. The monoisotopic (exact) mass is 420 g/mol. The lowest BCUT2D eigenvalue weighted by Crippen LogP contribution is -2.55. The fourth-order valence-electron chi connectivity index (χ4n) is 4.32. The average molecular weight is 420 g/mol. The Morgan fingerprint density at radius 2 is 1.97 bits per heavy atom. The van der Waals surface area contributed by atoms with Crippen molar-refractivity contribution in [2.75, 3.05) is 13.1 Å². The molecule has 0 radical (unpaired) electrons. The number of aliphatic carboxylic acids is 1. The number of carboxylic acids is 1. The molecule has 2 aliphatic rings. The van der Waals surface area contributed by atoms with Crippen LogP contribution in [0.2, 0.25) is 0 Å². The fourth-order valence-corrected chi connectivity index (χ4v) is 4.32. The molecule has 0 spiro atoms. The summed E-state index contributed by atoms with van der Waals surface area (Å²) in [6, 6.07) is 2.69. The minimum absolute atomic E-state index is 0.128. The first-order chi connectivity index (χ1) is 14.4. The van der Waals surface area contributed by atoms with Crippen molar-refractivity contribution in [2.45, 2.75) is 44.2 Å². The Labute approximate surface area is 171 Å². The van der Waals surface area contributed by atoms with Crippen molar-refractivity contribution in [3.8, 4) is 11.5 Å². The normalized spacial score (nSPS) is 22.9. The van der Waals surface area contributed by atoms with Crippen molar-refractivity contribution >= 4 is 11.9 Å². The molecule has 2 unspecified atom stereocenters. The number of carboxylic acid groups (broad SMARTS) is 1. The maximum atomic E-state index is 13.9. The smallest absolute Gasteiger partial charge is 0.309 e. The van der Waals surface area contributed by atoms with E-state index in [2.05, 4.69) is 20.4 Å². The number of hydrogen-bond donors (Lipinski definition) is 2. The van der Waals surface area contributed by atoms with E-state index < -0.39 is 35.5 Å². The summed E-state index contributed by atoms with van der Waals surface area (Å²) in [6.45, 7) is 1.08. The van der Waals surface area contributed by atoms with Crippen LogP contribution in [0.1, 0.15) is 42.7 Å². The Hall–Kier alpha value is -2.88. The standard InChI is InChI=1S/C20H22F2N4O4/c21-11-5-6-13(15(22)9-11)19-24-17(25-30-19)18(27)23-16-7-8-26(10-14(16)20(28)29)12-3-1-2-4-12/h5-6,9,12,14,16H,1-4,7-8,10H2,(H,23,27)(H,28,29). The van der Waals surface area contributed by atoms with Gasteiger partial charge in [0.1, 0.15) is 11.6 Å². The molecule has 1 aromatic carbocycles. The summed E-state index contributed by atoms with van der Waals surface area (Å²) >= 11 is 0. The van der Waals surface area contributed by atoms with Crippen LogP contribution in [-0.2, 0) is 4.79 Å². The molecule has 1 aliphatic carbocycles. The summed E-state index contributed by atoms with van der Waals surface area (Å²) in [5.74, 6) is -4.65. The van der Waals surface area contributed by atoms with Crippen LogP contribution < -0.4 is 5.32 Å². The number of piperidine rings is 1. The number of likely N-dealkylation sites (tertiary alicyclic amines) is 1. The topological polar surface area (TPSA) is 109 Å². The molecule has 2 atom stereocenters. The number of carbonyl (C=O) groups is 2. The molecule has 2 fully saturated rings. The van der Waals surface area contributed by atoms with Gasteiger partial charge in [-0.25, -0.2) is 8.78 Å². The molecule has 30 heavy (non-hydrogen) atoms. The number of hydrogen-bond acceptors (Lipinski definition) is 6. The van der Waals surface area contributed by atoms with Crippen LogP contribution in [0.15, 0.2) is 22.7 Å². The van der Waals surface area contributed by atoms with Gasteiger partial charge in [0.15, 0.2) is 0 Å². The number of halogens is 2. The van der Waals surface area contributed by atoms with Crippen molar-refractivity contribution in [3.63, 3.8) is 0 Å². The summed E-state index contributed by atoms with van der Waals surface area (Å²) in [4.78, 5) is 30.4. The molecule has 1 amide bonds. The lowest BCUT2D eigenvalue weighted by Gasteiger charge is -2.39. The largest absolute Gasteiger partial charge is 0.481 e. The minimum atomic E-state index is -0.967. The second kappa shape index (κ2) is 8.47. The highest BCUT2D eigenvalue weighted by molar-refractivity contribution is 5.91. The van der Waals surface area contributed by atoms with Gasteiger partial charge in [0, 0.05) is 31.2 Å². The molecule has 1 saturated carbocycles. The summed E-state index contributed by atoms with van der Waals surface area (Å²) < 4.78 is 31.9. The lowest BCUT2D eigenvalue weighted by atomic mass is 9.90. The second-order valence-corrected chi connectivity index (χ2v) is 7.79. The van der Waals surface area contributed by atoms with E-state index in [0.717, 1.165) is 37.8 Å². The van der Waals surface area contributed by atoms with Gasteiger partial charge in [-0.3, -0.25) is 14.5 Å². The van der Waals surface area contributed by atoms with Crippen LogP contribution in [0.25, 0.3) is 11.5 Å².